The van der Waals surface area contributed by atoms with Crippen molar-refractivity contribution in [1.82, 2.24) is 25.1 Å². The van der Waals surface area contributed by atoms with Crippen molar-refractivity contribution in [3.05, 3.63) is 72.2 Å². The number of carboxylic acids is 1. The molecular weight excluding hydrogens is 442 g/mol. The van der Waals surface area contributed by atoms with Crippen LogP contribution in [0.2, 0.25) is 0 Å². The zero-order valence-corrected chi connectivity index (χ0v) is 19.9. The highest BCUT2D eigenvalue weighted by molar-refractivity contribution is 5.69. The summed E-state index contributed by atoms with van der Waals surface area (Å²) in [4.78, 5) is 24.3. The number of aromatic nitrogens is 2. The Kier molecular flexibility index (Phi) is 8.74. The number of nitrogens with zero attached hydrogens (tertiary/aromatic N) is 4. The Labute approximate surface area is 206 Å². The highest BCUT2D eigenvalue weighted by Gasteiger charge is 2.18. The maximum absolute atomic E-state index is 10.9. The van der Waals surface area contributed by atoms with Crippen LogP contribution < -0.4 is 16.4 Å². The number of hydrogen-bond acceptors (Lipinski definition) is 8. The lowest BCUT2D eigenvalue weighted by Gasteiger charge is -2.33. The lowest BCUT2D eigenvalue weighted by atomic mass is 10.1. The SMILES string of the molecule is NCCNCc1ccc(-c2ccnc(Nc3cccc(CN4CCN(CC(=O)O)CC4)c3)c2)cn1. The molecule has 1 aliphatic rings. The van der Waals surface area contributed by atoms with Crippen LogP contribution in [0, 0.1) is 0 Å². The molecule has 0 saturated carbocycles. The van der Waals surface area contributed by atoms with Crippen LogP contribution in [-0.2, 0) is 17.9 Å². The largest absolute Gasteiger partial charge is 0.480 e. The van der Waals surface area contributed by atoms with Crippen LogP contribution in [0.4, 0.5) is 11.5 Å². The fourth-order valence-electron chi connectivity index (χ4n) is 4.15. The van der Waals surface area contributed by atoms with Gasteiger partial charge in [0.2, 0.25) is 0 Å². The third-order valence-electron chi connectivity index (χ3n) is 5.97. The second-order valence-corrected chi connectivity index (χ2v) is 8.70. The number of carboxylic acid groups (broad SMARTS) is 1. The van der Waals surface area contributed by atoms with Crippen LogP contribution in [0.15, 0.2) is 60.9 Å². The van der Waals surface area contributed by atoms with Crippen molar-refractivity contribution in [2.45, 2.75) is 13.1 Å². The summed E-state index contributed by atoms with van der Waals surface area (Å²) in [6.07, 6.45) is 3.68. The van der Waals surface area contributed by atoms with Crippen molar-refractivity contribution >= 4 is 17.5 Å². The van der Waals surface area contributed by atoms with Crippen LogP contribution in [-0.4, -0.2) is 76.7 Å². The molecular formula is C26H33N7O2. The molecule has 0 aliphatic carbocycles. The predicted molar refractivity (Wildman–Crippen MR) is 137 cm³/mol. The van der Waals surface area contributed by atoms with Crippen LogP contribution in [0.5, 0.6) is 0 Å². The van der Waals surface area contributed by atoms with E-state index in [1.807, 2.05) is 41.4 Å². The van der Waals surface area contributed by atoms with Crippen molar-refractivity contribution in [1.29, 1.82) is 0 Å². The molecule has 0 amide bonds. The number of nitrogens with two attached hydrogens (primary N) is 1. The number of nitrogens with one attached hydrogen (secondary N) is 2. The third kappa shape index (κ3) is 7.56. The van der Waals surface area contributed by atoms with Gasteiger partial charge in [-0.2, -0.15) is 0 Å². The molecule has 5 N–H and O–H groups in total. The van der Waals surface area contributed by atoms with E-state index in [-0.39, 0.29) is 6.54 Å². The third-order valence-corrected chi connectivity index (χ3v) is 5.97. The van der Waals surface area contributed by atoms with Gasteiger partial charge in [0.15, 0.2) is 0 Å². The predicted octanol–water partition coefficient (Wildman–Crippen LogP) is 2.14. The van der Waals surface area contributed by atoms with Gasteiger partial charge in [0.1, 0.15) is 5.82 Å². The number of piperazine rings is 1. The molecule has 1 saturated heterocycles. The number of aliphatic carboxylic acids is 1. The highest BCUT2D eigenvalue weighted by Crippen LogP contribution is 2.23. The Balaban J connectivity index is 1.35. The molecule has 0 atom stereocenters. The van der Waals surface area contributed by atoms with Crippen LogP contribution >= 0.6 is 0 Å². The number of carbonyl (C=O) groups is 1. The molecule has 0 spiro atoms. The quantitative estimate of drug-likeness (QED) is 0.309. The van der Waals surface area contributed by atoms with E-state index < -0.39 is 5.97 Å². The van der Waals surface area contributed by atoms with Gasteiger partial charge in [-0.3, -0.25) is 19.6 Å². The van der Waals surface area contributed by atoms with E-state index in [0.29, 0.717) is 13.1 Å². The molecule has 3 heterocycles. The number of pyridine rings is 2. The van der Waals surface area contributed by atoms with Crippen LogP contribution in [0.1, 0.15) is 11.3 Å². The number of rotatable bonds is 11. The van der Waals surface area contributed by atoms with Gasteiger partial charge in [-0.1, -0.05) is 18.2 Å². The van der Waals surface area contributed by atoms with Gasteiger partial charge in [-0.25, -0.2) is 4.98 Å². The molecule has 9 heteroatoms. The first-order chi connectivity index (χ1) is 17.1. The van der Waals surface area contributed by atoms with E-state index in [4.69, 9.17) is 10.8 Å². The first kappa shape index (κ1) is 24.7. The van der Waals surface area contributed by atoms with E-state index >= 15 is 0 Å². The minimum absolute atomic E-state index is 0.117. The Morgan fingerprint density at radius 2 is 1.83 bits per heavy atom. The molecule has 3 aromatic rings. The van der Waals surface area contributed by atoms with Gasteiger partial charge in [-0.05, 0) is 41.5 Å². The van der Waals surface area contributed by atoms with Gasteiger partial charge in [0.05, 0.1) is 12.2 Å². The first-order valence-electron chi connectivity index (χ1n) is 11.9. The fraction of sp³-hybridized carbons (Fsp3) is 0.346. The van der Waals surface area contributed by atoms with Crippen LogP contribution in [0.3, 0.4) is 0 Å². The summed E-state index contributed by atoms with van der Waals surface area (Å²) in [5.74, 6) is 0.00873. The molecule has 4 rings (SSSR count). The molecule has 9 nitrogen and oxygen atoms in total. The second-order valence-electron chi connectivity index (χ2n) is 8.70. The molecule has 35 heavy (non-hydrogen) atoms. The lowest BCUT2D eigenvalue weighted by Crippen LogP contribution is -2.47. The van der Waals surface area contributed by atoms with E-state index in [9.17, 15) is 4.79 Å². The summed E-state index contributed by atoms with van der Waals surface area (Å²) in [6, 6.07) is 16.4. The second kappa shape index (κ2) is 12.4. The molecule has 1 fully saturated rings. The maximum atomic E-state index is 10.9. The Hall–Kier alpha value is -3.37. The highest BCUT2D eigenvalue weighted by atomic mass is 16.4. The minimum Gasteiger partial charge on any atom is -0.480 e. The molecule has 184 valence electrons. The molecule has 1 aliphatic heterocycles. The van der Waals surface area contributed by atoms with Gasteiger partial charge < -0.3 is 21.5 Å². The molecule has 2 aromatic heterocycles. The van der Waals surface area contributed by atoms with E-state index in [0.717, 1.165) is 67.6 Å². The summed E-state index contributed by atoms with van der Waals surface area (Å²) >= 11 is 0. The molecule has 0 radical (unpaired) electrons. The Morgan fingerprint density at radius 3 is 2.57 bits per heavy atom. The molecule has 0 bridgehead atoms. The zero-order valence-electron chi connectivity index (χ0n) is 19.9. The van der Waals surface area contributed by atoms with E-state index in [2.05, 4.69) is 43.7 Å². The monoisotopic (exact) mass is 475 g/mol. The summed E-state index contributed by atoms with van der Waals surface area (Å²) in [7, 11) is 0. The smallest absolute Gasteiger partial charge is 0.317 e. The molecule has 0 unspecified atom stereocenters. The van der Waals surface area contributed by atoms with E-state index in [1.54, 1.807) is 6.20 Å². The Bertz CT molecular complexity index is 1100. The summed E-state index contributed by atoms with van der Waals surface area (Å²) in [6.45, 7) is 6.33. The average Bonchev–Trinajstić information content (AvgIpc) is 2.86. The van der Waals surface area contributed by atoms with Gasteiger partial charge in [-0.15, -0.1) is 0 Å². The van der Waals surface area contributed by atoms with Gasteiger partial charge >= 0.3 is 5.97 Å². The fourth-order valence-corrected chi connectivity index (χ4v) is 4.15. The Morgan fingerprint density at radius 1 is 1.00 bits per heavy atom. The summed E-state index contributed by atoms with van der Waals surface area (Å²) in [5.41, 5.74) is 10.8. The van der Waals surface area contributed by atoms with Gasteiger partial charge in [0, 0.05) is 76.0 Å². The van der Waals surface area contributed by atoms with Crippen molar-refractivity contribution < 1.29 is 9.90 Å². The zero-order chi connectivity index (χ0) is 24.5. The van der Waals surface area contributed by atoms with Crippen LogP contribution in [0.25, 0.3) is 11.1 Å². The summed E-state index contributed by atoms with van der Waals surface area (Å²) < 4.78 is 0. The number of hydrogen-bond donors (Lipinski definition) is 4. The van der Waals surface area contributed by atoms with Crippen molar-refractivity contribution in [2.75, 3.05) is 51.1 Å². The van der Waals surface area contributed by atoms with Crippen molar-refractivity contribution in [2.24, 2.45) is 5.73 Å². The normalized spacial score (nSPS) is 14.7. The molecule has 1 aromatic carbocycles. The number of benzene rings is 1. The van der Waals surface area contributed by atoms with Crippen molar-refractivity contribution in [3.8, 4) is 11.1 Å². The maximum Gasteiger partial charge on any atom is 0.317 e. The first-order valence-corrected chi connectivity index (χ1v) is 11.9. The summed E-state index contributed by atoms with van der Waals surface area (Å²) in [5, 5.41) is 15.6. The lowest BCUT2D eigenvalue weighted by molar-refractivity contribution is -0.138. The minimum atomic E-state index is -0.765. The van der Waals surface area contributed by atoms with Gasteiger partial charge in [0.25, 0.3) is 0 Å². The topological polar surface area (TPSA) is 120 Å². The van der Waals surface area contributed by atoms with Crippen molar-refractivity contribution in [3.63, 3.8) is 0 Å². The van der Waals surface area contributed by atoms with E-state index in [1.165, 1.54) is 5.56 Å². The standard InChI is InChI=1S/C26H33N7O2/c27-7-9-28-17-24-5-4-22(16-30-24)21-6-8-29-25(15-21)31-23-3-1-2-20(14-23)18-32-10-12-33(13-11-32)19-26(34)35/h1-6,8,14-16,28H,7,9-13,17-19,27H2,(H,29,31)(H,34,35). The number of anilines is 2. The average molecular weight is 476 g/mol.